The molecule has 0 unspecified atom stereocenters. The van der Waals surface area contributed by atoms with Gasteiger partial charge in [-0.25, -0.2) is 4.79 Å². The van der Waals surface area contributed by atoms with E-state index in [1.54, 1.807) is 0 Å². The number of amides is 2. The molecule has 0 spiro atoms. The summed E-state index contributed by atoms with van der Waals surface area (Å²) in [6, 6.07) is 16.4. The van der Waals surface area contributed by atoms with Crippen LogP contribution in [-0.4, -0.2) is 38.8 Å². The Morgan fingerprint density at radius 3 is 2.63 bits per heavy atom. The number of anilines is 2. The Balaban J connectivity index is 1.23. The number of carbonyl (C=O) groups excluding carboxylic acids is 1. The molecule has 4 rings (SSSR count). The van der Waals surface area contributed by atoms with Crippen LogP contribution in [0.3, 0.4) is 0 Å². The highest BCUT2D eigenvalue weighted by atomic mass is 16.2. The highest BCUT2D eigenvalue weighted by molar-refractivity contribution is 5.74. The molecule has 2 N–H and O–H groups in total. The minimum Gasteiger partial charge on any atom is -0.374 e. The second kappa shape index (κ2) is 9.08. The fourth-order valence-corrected chi connectivity index (χ4v) is 4.40. The summed E-state index contributed by atoms with van der Waals surface area (Å²) in [6.07, 6.45) is 4.12. The van der Waals surface area contributed by atoms with E-state index in [0.29, 0.717) is 12.1 Å². The molecule has 6 heteroatoms. The quantitative estimate of drug-likeness (QED) is 0.821. The molecule has 0 aromatic heterocycles. The van der Waals surface area contributed by atoms with E-state index in [1.165, 1.54) is 17.7 Å². The van der Waals surface area contributed by atoms with Crippen LogP contribution < -0.4 is 20.4 Å². The molecule has 6 nitrogen and oxygen atoms in total. The highest BCUT2D eigenvalue weighted by Gasteiger charge is 2.21. The predicted octanol–water partition coefficient (Wildman–Crippen LogP) is 3.41. The number of benzene rings is 2. The van der Waals surface area contributed by atoms with Crippen molar-refractivity contribution in [1.29, 1.82) is 5.26 Å². The number of urea groups is 1. The van der Waals surface area contributed by atoms with Gasteiger partial charge < -0.3 is 20.4 Å². The van der Waals surface area contributed by atoms with Gasteiger partial charge in [-0.15, -0.1) is 0 Å². The van der Waals surface area contributed by atoms with Crippen LogP contribution in [-0.2, 0) is 13.0 Å². The molecular formula is C24H29N5O. The smallest absolute Gasteiger partial charge is 0.315 e. The minimum atomic E-state index is -0.0957. The number of hydrogen-bond donors (Lipinski definition) is 2. The molecule has 2 aromatic carbocycles. The van der Waals surface area contributed by atoms with Crippen LogP contribution in [0.15, 0.2) is 42.5 Å². The third-order valence-corrected chi connectivity index (χ3v) is 6.14. The fraction of sp³-hybridized carbons (Fsp3) is 0.417. The van der Waals surface area contributed by atoms with Gasteiger partial charge in [0.1, 0.15) is 0 Å². The lowest BCUT2D eigenvalue weighted by Crippen LogP contribution is -2.47. The number of rotatable bonds is 4. The fourth-order valence-electron chi connectivity index (χ4n) is 4.40. The van der Waals surface area contributed by atoms with Gasteiger partial charge in [0, 0.05) is 50.6 Å². The summed E-state index contributed by atoms with van der Waals surface area (Å²) in [5.74, 6) is 0. The first-order valence-electron chi connectivity index (χ1n) is 10.7. The van der Waals surface area contributed by atoms with Gasteiger partial charge >= 0.3 is 6.03 Å². The average molecular weight is 404 g/mol. The van der Waals surface area contributed by atoms with E-state index in [0.717, 1.165) is 50.1 Å². The normalized spacial score (nSPS) is 16.5. The van der Waals surface area contributed by atoms with E-state index < -0.39 is 0 Å². The molecule has 0 aliphatic carbocycles. The molecule has 0 saturated carbocycles. The number of nitrogens with zero attached hydrogens (tertiary/aromatic N) is 3. The Morgan fingerprint density at radius 1 is 1.13 bits per heavy atom. The molecule has 2 aliphatic heterocycles. The van der Waals surface area contributed by atoms with E-state index in [2.05, 4.69) is 51.7 Å². The Morgan fingerprint density at radius 2 is 1.90 bits per heavy atom. The summed E-state index contributed by atoms with van der Waals surface area (Å²) in [5, 5.41) is 15.1. The van der Waals surface area contributed by atoms with Crippen molar-refractivity contribution in [2.75, 3.05) is 36.5 Å². The van der Waals surface area contributed by atoms with Crippen LogP contribution >= 0.6 is 0 Å². The highest BCUT2D eigenvalue weighted by Crippen LogP contribution is 2.26. The Bertz CT molecular complexity index is 926. The minimum absolute atomic E-state index is 0.0957. The maximum Gasteiger partial charge on any atom is 0.315 e. The maximum atomic E-state index is 12.4. The number of carbonyl (C=O) groups is 1. The second-order valence-corrected chi connectivity index (χ2v) is 8.24. The van der Waals surface area contributed by atoms with Crippen molar-refractivity contribution in [2.24, 2.45) is 0 Å². The lowest BCUT2D eigenvalue weighted by Gasteiger charge is -2.34. The Labute approximate surface area is 178 Å². The van der Waals surface area contributed by atoms with Gasteiger partial charge in [-0.3, -0.25) is 0 Å². The predicted molar refractivity (Wildman–Crippen MR) is 120 cm³/mol. The van der Waals surface area contributed by atoms with Crippen LogP contribution in [0, 0.1) is 11.3 Å². The van der Waals surface area contributed by atoms with Gasteiger partial charge in [-0.2, -0.15) is 5.26 Å². The summed E-state index contributed by atoms with van der Waals surface area (Å²) in [5.41, 5.74) is 5.64. The molecule has 1 saturated heterocycles. The molecule has 2 aromatic rings. The molecule has 1 fully saturated rings. The SMILES string of the molecule is CN1CCCc2cc(CNC(=O)NC3CCN(c4ccc(C#N)cc4)CC3)ccc21. The topological polar surface area (TPSA) is 71.4 Å². The monoisotopic (exact) mass is 403 g/mol. The molecular weight excluding hydrogens is 374 g/mol. The zero-order chi connectivity index (χ0) is 20.9. The van der Waals surface area contributed by atoms with E-state index in [1.807, 2.05) is 24.3 Å². The van der Waals surface area contributed by atoms with Gasteiger partial charge in [-0.1, -0.05) is 12.1 Å². The van der Waals surface area contributed by atoms with Crippen LogP contribution in [0.25, 0.3) is 0 Å². The van der Waals surface area contributed by atoms with Crippen molar-refractivity contribution in [3.63, 3.8) is 0 Å². The van der Waals surface area contributed by atoms with Crippen molar-refractivity contribution >= 4 is 17.4 Å². The first-order valence-corrected chi connectivity index (χ1v) is 10.7. The molecule has 2 aliphatic rings. The number of hydrogen-bond acceptors (Lipinski definition) is 4. The zero-order valence-corrected chi connectivity index (χ0v) is 17.5. The number of nitrogens with one attached hydrogen (secondary N) is 2. The second-order valence-electron chi connectivity index (χ2n) is 8.24. The third kappa shape index (κ3) is 4.68. The maximum absolute atomic E-state index is 12.4. The van der Waals surface area contributed by atoms with E-state index >= 15 is 0 Å². The summed E-state index contributed by atoms with van der Waals surface area (Å²) >= 11 is 0. The van der Waals surface area contributed by atoms with Crippen molar-refractivity contribution < 1.29 is 4.79 Å². The van der Waals surface area contributed by atoms with Crippen LogP contribution in [0.2, 0.25) is 0 Å². The van der Waals surface area contributed by atoms with Gasteiger partial charge in [0.05, 0.1) is 11.6 Å². The van der Waals surface area contributed by atoms with Crippen molar-refractivity contribution in [3.8, 4) is 6.07 Å². The number of nitriles is 1. The zero-order valence-electron chi connectivity index (χ0n) is 17.5. The first kappa shape index (κ1) is 20.1. The first-order chi connectivity index (χ1) is 14.6. The average Bonchev–Trinajstić information content (AvgIpc) is 2.78. The summed E-state index contributed by atoms with van der Waals surface area (Å²) < 4.78 is 0. The van der Waals surface area contributed by atoms with Crippen LogP contribution in [0.1, 0.15) is 36.0 Å². The summed E-state index contributed by atoms with van der Waals surface area (Å²) in [6.45, 7) is 3.45. The summed E-state index contributed by atoms with van der Waals surface area (Å²) in [7, 11) is 2.13. The lowest BCUT2D eigenvalue weighted by atomic mass is 9.99. The number of piperidine rings is 1. The van der Waals surface area contributed by atoms with E-state index in [4.69, 9.17) is 5.26 Å². The number of aryl methyl sites for hydroxylation is 1. The van der Waals surface area contributed by atoms with Crippen LogP contribution in [0.5, 0.6) is 0 Å². The molecule has 2 amide bonds. The molecule has 0 atom stereocenters. The van der Waals surface area contributed by atoms with E-state index in [9.17, 15) is 4.79 Å². The molecule has 0 bridgehead atoms. The van der Waals surface area contributed by atoms with Gasteiger partial charge in [0.15, 0.2) is 0 Å². The lowest BCUT2D eigenvalue weighted by molar-refractivity contribution is 0.234. The Kier molecular flexibility index (Phi) is 6.08. The van der Waals surface area contributed by atoms with Crippen molar-refractivity contribution in [3.05, 3.63) is 59.2 Å². The van der Waals surface area contributed by atoms with E-state index in [-0.39, 0.29) is 12.1 Å². The molecule has 30 heavy (non-hydrogen) atoms. The van der Waals surface area contributed by atoms with Crippen LogP contribution in [0.4, 0.5) is 16.2 Å². The van der Waals surface area contributed by atoms with Crippen molar-refractivity contribution in [2.45, 2.75) is 38.3 Å². The largest absolute Gasteiger partial charge is 0.374 e. The van der Waals surface area contributed by atoms with Gasteiger partial charge in [-0.05, 0) is 67.1 Å². The summed E-state index contributed by atoms with van der Waals surface area (Å²) in [4.78, 5) is 17.0. The molecule has 156 valence electrons. The molecule has 0 radical (unpaired) electrons. The van der Waals surface area contributed by atoms with Gasteiger partial charge in [0.25, 0.3) is 0 Å². The molecule has 2 heterocycles. The Hall–Kier alpha value is -3.20. The standard InChI is InChI=1S/C24H29N5O/c1-28-12-2-3-20-15-19(6-9-23(20)28)17-26-24(30)27-21-10-13-29(14-11-21)22-7-4-18(16-25)5-8-22/h4-9,15,21H,2-3,10-14,17H2,1H3,(H2,26,27,30). The van der Waals surface area contributed by atoms with Gasteiger partial charge in [0.2, 0.25) is 0 Å². The number of fused-ring (bicyclic) bond motifs is 1. The third-order valence-electron chi connectivity index (χ3n) is 6.14. The van der Waals surface area contributed by atoms with Crippen molar-refractivity contribution in [1.82, 2.24) is 10.6 Å².